The van der Waals surface area contributed by atoms with E-state index in [-0.39, 0.29) is 6.61 Å². The monoisotopic (exact) mass is 247 g/mol. The van der Waals surface area contributed by atoms with Crippen LogP contribution in [-0.4, -0.2) is 41.2 Å². The summed E-state index contributed by atoms with van der Waals surface area (Å²) in [6.45, 7) is 3.21. The molecule has 0 spiro atoms. The summed E-state index contributed by atoms with van der Waals surface area (Å²) in [7, 11) is 0. The second-order valence-corrected chi connectivity index (χ2v) is 5.23. The SMILES string of the molecule is OCC#Cc1ccccc1CN1CCSCC1. The summed E-state index contributed by atoms with van der Waals surface area (Å²) in [5.41, 5.74) is 2.31. The van der Waals surface area contributed by atoms with Crippen molar-refractivity contribution in [2.75, 3.05) is 31.2 Å². The minimum Gasteiger partial charge on any atom is -0.384 e. The van der Waals surface area contributed by atoms with Crippen LogP contribution in [0.4, 0.5) is 0 Å². The normalized spacial score (nSPS) is 16.3. The molecule has 0 saturated carbocycles. The lowest BCUT2D eigenvalue weighted by Crippen LogP contribution is -2.32. The number of aliphatic hydroxyl groups is 1. The molecular weight excluding hydrogens is 230 g/mol. The number of nitrogens with zero attached hydrogens (tertiary/aromatic N) is 1. The highest BCUT2D eigenvalue weighted by Gasteiger charge is 2.11. The summed E-state index contributed by atoms with van der Waals surface area (Å²) >= 11 is 2.02. The minimum atomic E-state index is -0.0747. The number of benzene rings is 1. The Hall–Kier alpha value is -0.950. The highest BCUT2D eigenvalue weighted by molar-refractivity contribution is 7.99. The first-order chi connectivity index (χ1) is 8.40. The van der Waals surface area contributed by atoms with Crippen molar-refractivity contribution in [1.82, 2.24) is 4.90 Å². The summed E-state index contributed by atoms with van der Waals surface area (Å²) in [5, 5.41) is 8.75. The molecular formula is C14H17NOS. The Morgan fingerprint density at radius 1 is 1.24 bits per heavy atom. The Kier molecular flexibility index (Phi) is 4.93. The molecule has 1 aromatic rings. The Bertz CT molecular complexity index is 416. The van der Waals surface area contributed by atoms with Crippen LogP contribution in [0.2, 0.25) is 0 Å². The summed E-state index contributed by atoms with van der Waals surface area (Å²) in [6, 6.07) is 8.20. The molecule has 1 aromatic carbocycles. The van der Waals surface area contributed by atoms with Gasteiger partial charge in [0.05, 0.1) is 0 Å². The van der Waals surface area contributed by atoms with E-state index in [9.17, 15) is 0 Å². The summed E-state index contributed by atoms with van der Waals surface area (Å²) in [6.07, 6.45) is 0. The Morgan fingerprint density at radius 2 is 2.00 bits per heavy atom. The van der Waals surface area contributed by atoms with Crippen LogP contribution in [0.25, 0.3) is 0 Å². The van der Waals surface area contributed by atoms with E-state index in [0.29, 0.717) is 0 Å². The van der Waals surface area contributed by atoms with Crippen molar-refractivity contribution in [1.29, 1.82) is 0 Å². The van der Waals surface area contributed by atoms with Gasteiger partial charge >= 0.3 is 0 Å². The lowest BCUT2D eigenvalue weighted by Gasteiger charge is -2.26. The standard InChI is InChI=1S/C14H17NOS/c16-9-3-6-13-4-1-2-5-14(13)12-15-7-10-17-11-8-15/h1-2,4-5,16H,7-12H2. The molecule has 17 heavy (non-hydrogen) atoms. The summed E-state index contributed by atoms with van der Waals surface area (Å²) < 4.78 is 0. The Balaban J connectivity index is 2.08. The number of thioether (sulfide) groups is 1. The molecule has 0 atom stereocenters. The molecule has 2 nitrogen and oxygen atoms in total. The quantitative estimate of drug-likeness (QED) is 0.803. The van der Waals surface area contributed by atoms with Crippen LogP contribution >= 0.6 is 11.8 Å². The second kappa shape index (κ2) is 6.70. The fraction of sp³-hybridized carbons (Fsp3) is 0.429. The van der Waals surface area contributed by atoms with Crippen LogP contribution in [-0.2, 0) is 6.54 Å². The first-order valence-corrected chi connectivity index (χ1v) is 7.03. The van der Waals surface area contributed by atoms with Crippen LogP contribution in [0.1, 0.15) is 11.1 Å². The average molecular weight is 247 g/mol. The maximum atomic E-state index is 8.75. The molecule has 0 amide bonds. The van der Waals surface area contributed by atoms with Gasteiger partial charge in [-0.15, -0.1) is 0 Å². The zero-order chi connectivity index (χ0) is 11.9. The van der Waals surface area contributed by atoms with E-state index in [1.807, 2.05) is 23.9 Å². The lowest BCUT2D eigenvalue weighted by molar-refractivity contribution is 0.294. The van der Waals surface area contributed by atoms with Crippen molar-refractivity contribution in [3.05, 3.63) is 35.4 Å². The number of rotatable bonds is 2. The topological polar surface area (TPSA) is 23.5 Å². The predicted octanol–water partition coefficient (Wildman–Crippen LogP) is 1.58. The highest BCUT2D eigenvalue weighted by atomic mass is 32.2. The third-order valence-electron chi connectivity index (χ3n) is 2.82. The fourth-order valence-corrected chi connectivity index (χ4v) is 2.89. The van der Waals surface area contributed by atoms with Gasteiger partial charge in [0.2, 0.25) is 0 Å². The molecule has 0 aliphatic carbocycles. The van der Waals surface area contributed by atoms with E-state index in [1.54, 1.807) is 0 Å². The van der Waals surface area contributed by atoms with Crippen LogP contribution in [0.3, 0.4) is 0 Å². The van der Waals surface area contributed by atoms with Gasteiger partial charge in [0.1, 0.15) is 6.61 Å². The second-order valence-electron chi connectivity index (χ2n) is 4.01. The van der Waals surface area contributed by atoms with Crippen molar-refractivity contribution < 1.29 is 5.11 Å². The van der Waals surface area contributed by atoms with Gasteiger partial charge in [-0.05, 0) is 11.6 Å². The molecule has 1 saturated heterocycles. The maximum Gasteiger partial charge on any atom is 0.104 e. The zero-order valence-electron chi connectivity index (χ0n) is 9.85. The van der Waals surface area contributed by atoms with Crippen molar-refractivity contribution in [2.45, 2.75) is 6.54 Å². The first-order valence-electron chi connectivity index (χ1n) is 5.88. The average Bonchev–Trinajstić information content (AvgIpc) is 2.39. The number of hydrogen-bond acceptors (Lipinski definition) is 3. The third-order valence-corrected chi connectivity index (χ3v) is 3.76. The van der Waals surface area contributed by atoms with Gasteiger partial charge in [0, 0.05) is 36.7 Å². The molecule has 1 heterocycles. The molecule has 2 rings (SSSR count). The molecule has 1 aliphatic heterocycles. The molecule has 90 valence electrons. The van der Waals surface area contributed by atoms with Crippen LogP contribution in [0.5, 0.6) is 0 Å². The lowest BCUT2D eigenvalue weighted by atomic mass is 10.1. The highest BCUT2D eigenvalue weighted by Crippen LogP contribution is 2.15. The van der Waals surface area contributed by atoms with Gasteiger partial charge in [-0.25, -0.2) is 0 Å². The van der Waals surface area contributed by atoms with E-state index in [0.717, 1.165) is 25.2 Å². The van der Waals surface area contributed by atoms with Gasteiger partial charge in [0.25, 0.3) is 0 Å². The summed E-state index contributed by atoms with van der Waals surface area (Å²) in [5.74, 6) is 8.20. The molecule has 0 bridgehead atoms. The smallest absolute Gasteiger partial charge is 0.104 e. The Morgan fingerprint density at radius 3 is 2.76 bits per heavy atom. The fourth-order valence-electron chi connectivity index (χ4n) is 1.92. The molecule has 1 fully saturated rings. The summed E-state index contributed by atoms with van der Waals surface area (Å²) in [4.78, 5) is 2.47. The number of hydrogen-bond donors (Lipinski definition) is 1. The Labute approximate surface area is 107 Å². The number of aliphatic hydroxyl groups excluding tert-OH is 1. The maximum absolute atomic E-state index is 8.75. The van der Waals surface area contributed by atoms with Gasteiger partial charge in [0.15, 0.2) is 0 Å². The van der Waals surface area contributed by atoms with Gasteiger partial charge in [-0.1, -0.05) is 30.0 Å². The zero-order valence-corrected chi connectivity index (χ0v) is 10.7. The van der Waals surface area contributed by atoms with Crippen LogP contribution in [0.15, 0.2) is 24.3 Å². The van der Waals surface area contributed by atoms with Crippen LogP contribution < -0.4 is 0 Å². The van der Waals surface area contributed by atoms with Gasteiger partial charge in [-0.3, -0.25) is 4.90 Å². The molecule has 0 unspecified atom stereocenters. The van der Waals surface area contributed by atoms with Gasteiger partial charge < -0.3 is 5.11 Å². The van der Waals surface area contributed by atoms with Crippen molar-refractivity contribution in [2.24, 2.45) is 0 Å². The van der Waals surface area contributed by atoms with E-state index < -0.39 is 0 Å². The first kappa shape index (κ1) is 12.5. The predicted molar refractivity (Wildman–Crippen MR) is 73.0 cm³/mol. The van der Waals surface area contributed by atoms with Crippen LogP contribution in [0, 0.1) is 11.8 Å². The molecule has 1 aliphatic rings. The van der Waals surface area contributed by atoms with E-state index in [2.05, 4.69) is 28.9 Å². The molecule has 0 radical (unpaired) electrons. The van der Waals surface area contributed by atoms with Crippen molar-refractivity contribution >= 4 is 11.8 Å². The van der Waals surface area contributed by atoms with E-state index in [1.165, 1.54) is 17.1 Å². The third kappa shape index (κ3) is 3.78. The molecule has 0 aromatic heterocycles. The largest absolute Gasteiger partial charge is 0.384 e. The molecule has 1 N–H and O–H groups in total. The van der Waals surface area contributed by atoms with Crippen molar-refractivity contribution in [3.63, 3.8) is 0 Å². The molecule has 3 heteroatoms. The van der Waals surface area contributed by atoms with Crippen molar-refractivity contribution in [3.8, 4) is 11.8 Å². The van der Waals surface area contributed by atoms with Gasteiger partial charge in [-0.2, -0.15) is 11.8 Å². The van der Waals surface area contributed by atoms with E-state index >= 15 is 0 Å². The van der Waals surface area contributed by atoms with E-state index in [4.69, 9.17) is 5.11 Å². The minimum absolute atomic E-state index is 0.0747.